The van der Waals surface area contributed by atoms with Gasteiger partial charge in [0.25, 0.3) is 0 Å². The van der Waals surface area contributed by atoms with E-state index in [-0.39, 0.29) is 6.61 Å². The fourth-order valence-corrected chi connectivity index (χ4v) is 12.4. The van der Waals surface area contributed by atoms with E-state index >= 15 is 0 Å². The van der Waals surface area contributed by atoms with Crippen LogP contribution >= 0.6 is 11.6 Å². The van der Waals surface area contributed by atoms with E-state index in [1.165, 1.54) is 27.7 Å². The number of halogens is 1. The van der Waals surface area contributed by atoms with Crippen LogP contribution in [0.2, 0.25) is 21.6 Å². The van der Waals surface area contributed by atoms with Crippen LogP contribution in [0.1, 0.15) is 97.6 Å². The van der Waals surface area contributed by atoms with E-state index in [0.717, 1.165) is 16.7 Å². The van der Waals surface area contributed by atoms with Gasteiger partial charge in [0.05, 0.1) is 0 Å². The van der Waals surface area contributed by atoms with Gasteiger partial charge >= 0.3 is 23.9 Å². The third-order valence-electron chi connectivity index (χ3n) is 9.03. The highest BCUT2D eigenvalue weighted by Gasteiger charge is 2.52. The van der Waals surface area contributed by atoms with Gasteiger partial charge in [0.1, 0.15) is 26.9 Å². The first-order valence-electron chi connectivity index (χ1n) is 16.7. The van der Waals surface area contributed by atoms with Crippen molar-refractivity contribution in [2.45, 2.75) is 123 Å². The molecule has 49 heavy (non-hydrogen) atoms. The molecule has 1 heterocycles. The van der Waals surface area contributed by atoms with Gasteiger partial charge in [-0.2, -0.15) is 0 Å². The number of esters is 4. The van der Waals surface area contributed by atoms with Crippen LogP contribution in [-0.2, 0) is 49.3 Å². The lowest BCUT2D eigenvalue weighted by Crippen LogP contribution is -2.59. The van der Waals surface area contributed by atoms with E-state index in [1.54, 1.807) is 12.1 Å². The lowest BCUT2D eigenvalue weighted by atomic mass is 9.89. The zero-order valence-electron chi connectivity index (χ0n) is 30.1. The molecule has 0 amide bonds. The molecule has 3 rings (SSSR count). The van der Waals surface area contributed by atoms with E-state index in [0.29, 0.717) is 33.6 Å². The quantitative estimate of drug-likeness (QED) is 0.102. The lowest BCUT2D eigenvalue weighted by molar-refractivity contribution is -0.254. The topological polar surface area (TPSA) is 114 Å². The maximum absolute atomic E-state index is 12.3. The van der Waals surface area contributed by atoms with E-state index in [9.17, 15) is 19.2 Å². The second-order valence-corrected chi connectivity index (χ2v) is 19.5. The molecule has 1 aliphatic heterocycles. The SMILES string of the molecule is CC(=O)OCC1O[C@@H](c2ccc(Cl)c(Cc3ccc(C#C[Si](C(C)C)(C(C)C)C(C)C)cc3)c2)[C@H](OC(C)=O)[C@@H](OC(C)=O)[C@@H]1OC(C)=O. The fourth-order valence-electron chi connectivity index (χ4n) is 6.94. The van der Waals surface area contributed by atoms with E-state index in [1.807, 2.05) is 30.3 Å². The lowest BCUT2D eigenvalue weighted by Gasteiger charge is -2.44. The molecule has 1 fully saturated rings. The van der Waals surface area contributed by atoms with Gasteiger partial charge in [-0.15, -0.1) is 5.54 Å². The van der Waals surface area contributed by atoms with Gasteiger partial charge in [0, 0.05) is 38.3 Å². The molecular weight excluding hydrogens is 664 g/mol. The highest BCUT2D eigenvalue weighted by atomic mass is 35.5. The van der Waals surface area contributed by atoms with Crippen LogP contribution in [0.25, 0.3) is 0 Å². The van der Waals surface area contributed by atoms with Gasteiger partial charge in [0.15, 0.2) is 18.3 Å². The Labute approximate surface area is 296 Å². The molecule has 0 spiro atoms. The van der Waals surface area contributed by atoms with Crippen LogP contribution in [-0.4, -0.2) is 63.0 Å². The largest absolute Gasteiger partial charge is 0.463 e. The maximum Gasteiger partial charge on any atom is 0.303 e. The van der Waals surface area contributed by atoms with Gasteiger partial charge in [-0.05, 0) is 57.9 Å². The molecule has 1 saturated heterocycles. The third-order valence-corrected chi connectivity index (χ3v) is 15.7. The van der Waals surface area contributed by atoms with Crippen molar-refractivity contribution in [1.29, 1.82) is 0 Å². The second kappa shape index (κ2) is 17.3. The van der Waals surface area contributed by atoms with Crippen LogP contribution in [0, 0.1) is 11.5 Å². The summed E-state index contributed by atoms with van der Waals surface area (Å²) < 4.78 is 28.3. The average Bonchev–Trinajstić information content (AvgIpc) is 2.99. The van der Waals surface area contributed by atoms with Crippen LogP contribution < -0.4 is 0 Å². The van der Waals surface area contributed by atoms with Crippen molar-refractivity contribution in [3.8, 4) is 11.5 Å². The highest BCUT2D eigenvalue weighted by Crippen LogP contribution is 2.41. The summed E-state index contributed by atoms with van der Waals surface area (Å²) in [6.07, 6.45) is -5.27. The molecule has 0 aromatic heterocycles. The molecule has 1 unspecified atom stereocenters. The Balaban J connectivity index is 2.00. The predicted octanol–water partition coefficient (Wildman–Crippen LogP) is 7.30. The molecule has 266 valence electrons. The van der Waals surface area contributed by atoms with Crippen molar-refractivity contribution in [3.63, 3.8) is 0 Å². The van der Waals surface area contributed by atoms with Crippen molar-refractivity contribution in [2.75, 3.05) is 6.61 Å². The number of carbonyl (C=O) groups is 4. The summed E-state index contributed by atoms with van der Waals surface area (Å²) in [5, 5.41) is 0.514. The van der Waals surface area contributed by atoms with Gasteiger partial charge in [-0.1, -0.05) is 83.3 Å². The van der Waals surface area contributed by atoms with Crippen LogP contribution in [0.3, 0.4) is 0 Å². The number of ether oxygens (including phenoxy) is 5. The zero-order valence-corrected chi connectivity index (χ0v) is 31.9. The molecular formula is C38H49ClO9Si. The molecule has 0 aliphatic carbocycles. The summed E-state index contributed by atoms with van der Waals surface area (Å²) in [4.78, 5) is 48.4. The van der Waals surface area contributed by atoms with Gasteiger partial charge in [-0.3, -0.25) is 19.2 Å². The third kappa shape index (κ3) is 10.2. The normalized spacial score (nSPS) is 20.7. The monoisotopic (exact) mass is 712 g/mol. The van der Waals surface area contributed by atoms with Crippen molar-refractivity contribution in [2.24, 2.45) is 0 Å². The van der Waals surface area contributed by atoms with Crippen LogP contribution in [0.4, 0.5) is 0 Å². The standard InChI is InChI=1S/C38H49ClO9Si/c1-22(2)49(23(3)4,24(5)6)18-17-29-11-13-30(14-12-29)19-32-20-31(15-16-33(32)39)35-37(46-27(9)42)38(47-28(10)43)36(45-26(8)41)34(48-35)21-44-25(7)40/h11-16,20,22-24,34-38H,19,21H2,1-10H3/t34?,35-,36+,37-,38-/m0/s1. The first-order chi connectivity index (χ1) is 23.0. The predicted molar refractivity (Wildman–Crippen MR) is 190 cm³/mol. The highest BCUT2D eigenvalue weighted by molar-refractivity contribution is 6.90. The molecule has 0 N–H and O–H groups in total. The molecule has 0 bridgehead atoms. The van der Waals surface area contributed by atoms with Crippen molar-refractivity contribution >= 4 is 43.6 Å². The number of hydrogen-bond donors (Lipinski definition) is 0. The Bertz CT molecular complexity index is 1540. The van der Waals surface area contributed by atoms with Gasteiger partial charge < -0.3 is 23.7 Å². The smallest absolute Gasteiger partial charge is 0.303 e. The number of rotatable bonds is 11. The molecule has 2 aromatic carbocycles. The molecule has 0 radical (unpaired) electrons. The summed E-state index contributed by atoms with van der Waals surface area (Å²) in [6.45, 7) is 18.3. The maximum atomic E-state index is 12.3. The first-order valence-corrected chi connectivity index (χ1v) is 19.3. The minimum atomic E-state index is -1.87. The summed E-state index contributed by atoms with van der Waals surface area (Å²) in [6, 6.07) is 13.4. The van der Waals surface area contributed by atoms with Gasteiger partial charge in [0.2, 0.25) is 0 Å². The van der Waals surface area contributed by atoms with Gasteiger partial charge in [-0.25, -0.2) is 0 Å². The average molecular weight is 713 g/mol. The molecule has 0 saturated carbocycles. The number of hydrogen-bond acceptors (Lipinski definition) is 9. The van der Waals surface area contributed by atoms with E-state index in [4.69, 9.17) is 35.3 Å². The summed E-state index contributed by atoms with van der Waals surface area (Å²) >= 11 is 6.69. The Morgan fingerprint density at radius 1 is 0.755 bits per heavy atom. The Morgan fingerprint density at radius 3 is 1.80 bits per heavy atom. The Kier molecular flexibility index (Phi) is 14.1. The molecule has 5 atom stereocenters. The number of carbonyl (C=O) groups excluding carboxylic acids is 4. The fraction of sp³-hybridized carbons (Fsp3) is 0.526. The molecule has 9 nitrogen and oxygen atoms in total. The Morgan fingerprint density at radius 2 is 1.29 bits per heavy atom. The zero-order chi connectivity index (χ0) is 36.6. The van der Waals surface area contributed by atoms with Crippen molar-refractivity contribution in [3.05, 3.63) is 69.7 Å². The van der Waals surface area contributed by atoms with Crippen molar-refractivity contribution < 1.29 is 42.9 Å². The number of benzene rings is 2. The summed E-state index contributed by atoms with van der Waals surface area (Å²) in [5.41, 5.74) is 8.69. The van der Waals surface area contributed by atoms with Crippen LogP contribution in [0.5, 0.6) is 0 Å². The molecule has 11 heteroatoms. The summed E-state index contributed by atoms with van der Waals surface area (Å²) in [7, 11) is -1.87. The van der Waals surface area contributed by atoms with E-state index in [2.05, 4.69) is 53.0 Å². The van der Waals surface area contributed by atoms with E-state index < -0.39 is 62.5 Å². The van der Waals surface area contributed by atoms with Crippen molar-refractivity contribution in [1.82, 2.24) is 0 Å². The minimum absolute atomic E-state index is 0.306. The summed E-state index contributed by atoms with van der Waals surface area (Å²) in [5.74, 6) is 0.859. The molecule has 2 aromatic rings. The second-order valence-electron chi connectivity index (χ2n) is 13.5. The minimum Gasteiger partial charge on any atom is -0.463 e. The van der Waals surface area contributed by atoms with Crippen LogP contribution in [0.15, 0.2) is 42.5 Å². The Hall–Kier alpha value is -3.65. The molecule has 1 aliphatic rings. The first kappa shape index (κ1) is 39.8.